The molecular formula is C11H20N4O2S. The fourth-order valence-electron chi connectivity index (χ4n) is 2.16. The molecule has 7 heteroatoms. The lowest BCUT2D eigenvalue weighted by Crippen LogP contribution is -2.33. The Morgan fingerprint density at radius 1 is 1.33 bits per heavy atom. The van der Waals surface area contributed by atoms with Crippen molar-refractivity contribution in [3.8, 4) is 0 Å². The zero-order valence-corrected chi connectivity index (χ0v) is 11.2. The zero-order valence-electron chi connectivity index (χ0n) is 10.4. The van der Waals surface area contributed by atoms with E-state index in [1.165, 1.54) is 31.7 Å². The van der Waals surface area contributed by atoms with Crippen LogP contribution >= 0.6 is 0 Å². The zero-order chi connectivity index (χ0) is 12.8. The summed E-state index contributed by atoms with van der Waals surface area (Å²) in [4.78, 5) is 2.59. The van der Waals surface area contributed by atoms with Gasteiger partial charge in [-0.1, -0.05) is 6.42 Å². The normalized spacial score (nSPS) is 18.0. The minimum atomic E-state index is -3.38. The molecule has 0 saturated carbocycles. The first-order valence-corrected chi connectivity index (χ1v) is 7.87. The summed E-state index contributed by atoms with van der Waals surface area (Å²) in [6.07, 6.45) is 7.39. The molecule has 6 nitrogen and oxygen atoms in total. The number of nitrogens with zero attached hydrogens (tertiary/aromatic N) is 2. The summed E-state index contributed by atoms with van der Waals surface area (Å²) < 4.78 is 26.1. The molecule has 2 N–H and O–H groups in total. The van der Waals surface area contributed by atoms with Crippen LogP contribution in [0.15, 0.2) is 17.3 Å². The van der Waals surface area contributed by atoms with Gasteiger partial charge in [-0.05, 0) is 38.9 Å². The maximum absolute atomic E-state index is 11.8. The molecule has 1 saturated heterocycles. The Labute approximate surface area is 108 Å². The lowest BCUT2D eigenvalue weighted by Gasteiger charge is -2.26. The highest BCUT2D eigenvalue weighted by Crippen LogP contribution is 2.09. The first-order valence-electron chi connectivity index (χ1n) is 6.39. The molecule has 102 valence electrons. The molecule has 2 heterocycles. The second-order valence-electron chi connectivity index (χ2n) is 4.59. The van der Waals surface area contributed by atoms with Gasteiger partial charge >= 0.3 is 0 Å². The maximum atomic E-state index is 11.8. The lowest BCUT2D eigenvalue weighted by molar-refractivity contribution is 0.227. The van der Waals surface area contributed by atoms with E-state index in [2.05, 4.69) is 19.8 Å². The molecule has 0 atom stereocenters. The van der Waals surface area contributed by atoms with Crippen LogP contribution in [0.25, 0.3) is 0 Å². The Bertz CT molecular complexity index is 438. The van der Waals surface area contributed by atoms with Gasteiger partial charge in [0.25, 0.3) is 0 Å². The van der Waals surface area contributed by atoms with Gasteiger partial charge in [0.05, 0.1) is 6.20 Å². The van der Waals surface area contributed by atoms with E-state index in [1.54, 1.807) is 0 Å². The topological polar surface area (TPSA) is 78.1 Å². The van der Waals surface area contributed by atoms with Crippen molar-refractivity contribution in [1.82, 2.24) is 19.8 Å². The summed E-state index contributed by atoms with van der Waals surface area (Å²) in [6, 6.07) is 0. The highest BCUT2D eigenvalue weighted by Gasteiger charge is 2.14. The van der Waals surface area contributed by atoms with E-state index in [9.17, 15) is 8.42 Å². The number of nitrogens with one attached hydrogen (secondary N) is 2. The van der Waals surface area contributed by atoms with E-state index in [-0.39, 0.29) is 4.90 Å². The number of likely N-dealkylation sites (tertiary alicyclic amines) is 1. The molecule has 1 aliphatic rings. The van der Waals surface area contributed by atoms with Crippen molar-refractivity contribution in [1.29, 1.82) is 0 Å². The highest BCUT2D eigenvalue weighted by atomic mass is 32.2. The smallest absolute Gasteiger partial charge is 0.243 e. The monoisotopic (exact) mass is 272 g/mol. The molecule has 1 aromatic heterocycles. The quantitative estimate of drug-likeness (QED) is 0.742. The number of sulfonamides is 1. The molecule has 0 spiro atoms. The Morgan fingerprint density at radius 2 is 2.11 bits per heavy atom. The number of hydrogen-bond donors (Lipinski definition) is 2. The standard InChI is InChI=1S/C11H20N4O2S/c16-18(17,11-9-12-13-10-11)14-5-4-8-15-6-2-1-3-7-15/h9-10,14H,1-8H2,(H,12,13). The Morgan fingerprint density at radius 3 is 2.78 bits per heavy atom. The van der Waals surface area contributed by atoms with E-state index < -0.39 is 10.0 Å². The third-order valence-electron chi connectivity index (χ3n) is 3.18. The Balaban J connectivity index is 1.69. The van der Waals surface area contributed by atoms with Crippen molar-refractivity contribution in [2.45, 2.75) is 30.6 Å². The van der Waals surface area contributed by atoms with Crippen LogP contribution in [0.4, 0.5) is 0 Å². The van der Waals surface area contributed by atoms with Gasteiger partial charge in [0.15, 0.2) is 0 Å². The molecule has 0 amide bonds. The van der Waals surface area contributed by atoms with Crippen molar-refractivity contribution in [2.75, 3.05) is 26.2 Å². The van der Waals surface area contributed by atoms with Crippen molar-refractivity contribution >= 4 is 10.0 Å². The second kappa shape index (κ2) is 6.31. The van der Waals surface area contributed by atoms with Crippen LogP contribution in [0.2, 0.25) is 0 Å². The summed E-state index contributed by atoms with van der Waals surface area (Å²) >= 11 is 0. The van der Waals surface area contributed by atoms with E-state index in [0.717, 1.165) is 26.1 Å². The SMILES string of the molecule is O=S(=O)(NCCCN1CCCCC1)c1cn[nH]c1. The van der Waals surface area contributed by atoms with Gasteiger partial charge in [-0.15, -0.1) is 0 Å². The molecule has 1 fully saturated rings. The van der Waals surface area contributed by atoms with Gasteiger partial charge in [0, 0.05) is 12.7 Å². The number of rotatable bonds is 6. The molecule has 0 bridgehead atoms. The van der Waals surface area contributed by atoms with Crippen LogP contribution in [-0.4, -0.2) is 49.7 Å². The molecule has 2 rings (SSSR count). The number of hydrogen-bond acceptors (Lipinski definition) is 4. The van der Waals surface area contributed by atoms with Crippen LogP contribution in [0.3, 0.4) is 0 Å². The Kier molecular flexibility index (Phi) is 4.73. The first-order chi connectivity index (χ1) is 8.68. The van der Waals surface area contributed by atoms with Crippen molar-refractivity contribution in [3.63, 3.8) is 0 Å². The van der Waals surface area contributed by atoms with Gasteiger partial charge < -0.3 is 4.90 Å². The van der Waals surface area contributed by atoms with Gasteiger partial charge in [0.2, 0.25) is 10.0 Å². The molecule has 0 radical (unpaired) electrons. The second-order valence-corrected chi connectivity index (χ2v) is 6.35. The van der Waals surface area contributed by atoms with Crippen LogP contribution in [0.5, 0.6) is 0 Å². The summed E-state index contributed by atoms with van der Waals surface area (Å²) in [7, 11) is -3.38. The third-order valence-corrected chi connectivity index (χ3v) is 4.60. The fourth-order valence-corrected chi connectivity index (χ4v) is 3.14. The maximum Gasteiger partial charge on any atom is 0.243 e. The van der Waals surface area contributed by atoms with E-state index in [4.69, 9.17) is 0 Å². The van der Waals surface area contributed by atoms with Crippen molar-refractivity contribution in [2.24, 2.45) is 0 Å². The van der Waals surface area contributed by atoms with Crippen LogP contribution in [-0.2, 0) is 10.0 Å². The van der Waals surface area contributed by atoms with Gasteiger partial charge in [0.1, 0.15) is 4.90 Å². The molecule has 18 heavy (non-hydrogen) atoms. The molecule has 1 aliphatic heterocycles. The molecule has 0 unspecified atom stereocenters. The number of aromatic nitrogens is 2. The number of H-pyrrole nitrogens is 1. The number of piperidine rings is 1. The van der Waals surface area contributed by atoms with E-state index >= 15 is 0 Å². The van der Waals surface area contributed by atoms with Gasteiger partial charge in [-0.2, -0.15) is 5.10 Å². The minimum absolute atomic E-state index is 0.195. The molecule has 0 aromatic carbocycles. The lowest BCUT2D eigenvalue weighted by atomic mass is 10.1. The summed E-state index contributed by atoms with van der Waals surface area (Å²) in [5.74, 6) is 0. The molecule has 0 aliphatic carbocycles. The van der Waals surface area contributed by atoms with Gasteiger partial charge in [-0.3, -0.25) is 5.10 Å². The van der Waals surface area contributed by atoms with E-state index in [0.29, 0.717) is 6.54 Å². The Hall–Kier alpha value is -0.920. The highest BCUT2D eigenvalue weighted by molar-refractivity contribution is 7.89. The van der Waals surface area contributed by atoms with Crippen LogP contribution < -0.4 is 4.72 Å². The van der Waals surface area contributed by atoms with E-state index in [1.807, 2.05) is 0 Å². The fraction of sp³-hybridized carbons (Fsp3) is 0.727. The average Bonchev–Trinajstić information content (AvgIpc) is 2.91. The molecular weight excluding hydrogens is 252 g/mol. The predicted molar refractivity (Wildman–Crippen MR) is 68.7 cm³/mol. The summed E-state index contributed by atoms with van der Waals surface area (Å²) in [6.45, 7) is 3.74. The van der Waals surface area contributed by atoms with Crippen molar-refractivity contribution in [3.05, 3.63) is 12.4 Å². The van der Waals surface area contributed by atoms with Gasteiger partial charge in [-0.25, -0.2) is 13.1 Å². The minimum Gasteiger partial charge on any atom is -0.303 e. The first kappa shape index (κ1) is 13.5. The largest absolute Gasteiger partial charge is 0.303 e. The van der Waals surface area contributed by atoms with Crippen LogP contribution in [0, 0.1) is 0 Å². The number of aromatic amines is 1. The predicted octanol–water partition coefficient (Wildman–Crippen LogP) is 0.564. The average molecular weight is 272 g/mol. The molecule has 1 aromatic rings. The third kappa shape index (κ3) is 3.79. The van der Waals surface area contributed by atoms with Crippen LogP contribution in [0.1, 0.15) is 25.7 Å². The summed E-state index contributed by atoms with van der Waals surface area (Å²) in [5, 5.41) is 6.14. The summed E-state index contributed by atoms with van der Waals surface area (Å²) in [5.41, 5.74) is 0. The van der Waals surface area contributed by atoms with Crippen molar-refractivity contribution < 1.29 is 8.42 Å².